The topological polar surface area (TPSA) is 44.7 Å². The number of aromatic nitrogens is 2. The Balaban J connectivity index is 1.60. The van der Waals surface area contributed by atoms with Crippen molar-refractivity contribution in [1.29, 1.82) is 0 Å². The number of ether oxygens (including phenoxy) is 1. The van der Waals surface area contributed by atoms with Crippen molar-refractivity contribution in [3.63, 3.8) is 0 Å². The number of nitrogens with zero attached hydrogens (tertiary/aromatic N) is 5. The van der Waals surface area contributed by atoms with Crippen LogP contribution in [0.2, 0.25) is 0 Å². The molecule has 0 aromatic carbocycles. The molecule has 0 aliphatic carbocycles. The van der Waals surface area contributed by atoms with E-state index in [2.05, 4.69) is 38.6 Å². The van der Waals surface area contributed by atoms with Crippen molar-refractivity contribution in [3.8, 4) is 5.88 Å². The zero-order valence-corrected chi connectivity index (χ0v) is 13.2. The molecule has 0 amide bonds. The van der Waals surface area contributed by atoms with Gasteiger partial charge in [0, 0.05) is 57.6 Å². The van der Waals surface area contributed by atoms with E-state index < -0.39 is 0 Å². The van der Waals surface area contributed by atoms with Gasteiger partial charge in [-0.05, 0) is 13.0 Å². The number of piperazine rings is 1. The zero-order chi connectivity index (χ0) is 14.8. The van der Waals surface area contributed by atoms with E-state index in [0.29, 0.717) is 11.9 Å². The third kappa shape index (κ3) is 3.11. The minimum Gasteiger partial charge on any atom is -0.481 e. The normalized spacial score (nSPS) is 28.0. The Bertz CT molecular complexity index is 475. The van der Waals surface area contributed by atoms with Crippen LogP contribution >= 0.6 is 0 Å². The molecule has 21 heavy (non-hydrogen) atoms. The zero-order valence-electron chi connectivity index (χ0n) is 13.2. The molecular weight excluding hydrogens is 266 g/mol. The molecule has 116 valence electrons. The molecule has 2 aliphatic rings. The summed E-state index contributed by atoms with van der Waals surface area (Å²) in [5.74, 6) is 2.17. The molecule has 2 saturated heterocycles. The highest BCUT2D eigenvalue weighted by molar-refractivity contribution is 5.32. The summed E-state index contributed by atoms with van der Waals surface area (Å²) in [6.45, 7) is 8.92. The van der Waals surface area contributed by atoms with E-state index in [1.807, 2.05) is 0 Å². The van der Waals surface area contributed by atoms with Gasteiger partial charge in [0.25, 0.3) is 0 Å². The molecule has 0 saturated carbocycles. The van der Waals surface area contributed by atoms with E-state index in [0.717, 1.165) is 38.0 Å². The molecule has 3 heterocycles. The molecule has 6 nitrogen and oxygen atoms in total. The van der Waals surface area contributed by atoms with Gasteiger partial charge < -0.3 is 14.5 Å². The van der Waals surface area contributed by atoms with Gasteiger partial charge in [-0.1, -0.05) is 6.92 Å². The van der Waals surface area contributed by atoms with Gasteiger partial charge in [0.1, 0.15) is 0 Å². The summed E-state index contributed by atoms with van der Waals surface area (Å²) >= 11 is 0. The standard InChI is InChI=1S/C15H25N5O/c1-12-10-18(2)11-13(12)19-6-8-20(9-7-19)15-16-5-4-14(17-15)21-3/h4-5,12-13H,6-11H2,1-3H3. The minimum absolute atomic E-state index is 0.633. The highest BCUT2D eigenvalue weighted by atomic mass is 16.5. The van der Waals surface area contributed by atoms with Gasteiger partial charge in [0.15, 0.2) is 0 Å². The lowest BCUT2D eigenvalue weighted by molar-refractivity contribution is 0.163. The van der Waals surface area contributed by atoms with E-state index in [4.69, 9.17) is 4.74 Å². The Morgan fingerprint density at radius 2 is 1.95 bits per heavy atom. The predicted molar refractivity (Wildman–Crippen MR) is 82.8 cm³/mol. The monoisotopic (exact) mass is 291 g/mol. The number of likely N-dealkylation sites (tertiary alicyclic amines) is 1. The molecule has 6 heteroatoms. The van der Waals surface area contributed by atoms with Crippen molar-refractivity contribution in [3.05, 3.63) is 12.3 Å². The Kier molecular flexibility index (Phi) is 4.26. The van der Waals surface area contributed by atoms with Gasteiger partial charge in [-0.25, -0.2) is 4.98 Å². The Morgan fingerprint density at radius 1 is 1.19 bits per heavy atom. The first-order valence-corrected chi connectivity index (χ1v) is 7.72. The van der Waals surface area contributed by atoms with Gasteiger partial charge >= 0.3 is 0 Å². The summed E-state index contributed by atoms with van der Waals surface area (Å²) in [4.78, 5) is 16.1. The maximum Gasteiger partial charge on any atom is 0.228 e. The smallest absolute Gasteiger partial charge is 0.228 e. The van der Waals surface area contributed by atoms with E-state index in [9.17, 15) is 0 Å². The summed E-state index contributed by atoms with van der Waals surface area (Å²) in [6.07, 6.45) is 1.77. The van der Waals surface area contributed by atoms with Crippen LogP contribution in [-0.4, -0.2) is 79.2 Å². The van der Waals surface area contributed by atoms with Crippen LogP contribution in [0, 0.1) is 5.92 Å². The molecular formula is C15H25N5O. The van der Waals surface area contributed by atoms with E-state index >= 15 is 0 Å². The van der Waals surface area contributed by atoms with Crippen LogP contribution in [0.1, 0.15) is 6.92 Å². The lowest BCUT2D eigenvalue weighted by Gasteiger charge is -2.39. The van der Waals surface area contributed by atoms with E-state index in [1.165, 1.54) is 13.1 Å². The molecule has 1 aromatic heterocycles. The predicted octanol–water partition coefficient (Wildman–Crippen LogP) is 0.557. The lowest BCUT2D eigenvalue weighted by atomic mass is 10.0. The van der Waals surface area contributed by atoms with Crippen LogP contribution in [0.15, 0.2) is 12.3 Å². The second-order valence-electron chi connectivity index (χ2n) is 6.19. The fourth-order valence-corrected chi connectivity index (χ4v) is 3.51. The average Bonchev–Trinajstić information content (AvgIpc) is 2.86. The molecule has 2 unspecified atom stereocenters. The summed E-state index contributed by atoms with van der Waals surface area (Å²) in [5, 5.41) is 0. The van der Waals surface area contributed by atoms with Gasteiger partial charge in [-0.2, -0.15) is 4.98 Å². The van der Waals surface area contributed by atoms with E-state index in [1.54, 1.807) is 19.4 Å². The van der Waals surface area contributed by atoms with Crippen LogP contribution < -0.4 is 9.64 Å². The summed E-state index contributed by atoms with van der Waals surface area (Å²) in [7, 11) is 3.86. The number of likely N-dealkylation sites (N-methyl/N-ethyl adjacent to an activating group) is 1. The van der Waals surface area contributed by atoms with E-state index in [-0.39, 0.29) is 0 Å². The van der Waals surface area contributed by atoms with Crippen molar-refractivity contribution in [2.24, 2.45) is 5.92 Å². The quantitative estimate of drug-likeness (QED) is 0.811. The van der Waals surface area contributed by atoms with Crippen LogP contribution in [0.25, 0.3) is 0 Å². The Hall–Kier alpha value is -1.40. The van der Waals surface area contributed by atoms with Crippen LogP contribution in [-0.2, 0) is 0 Å². The summed E-state index contributed by atoms with van der Waals surface area (Å²) in [6, 6.07) is 2.49. The second-order valence-corrected chi connectivity index (χ2v) is 6.19. The first kappa shape index (κ1) is 14.5. The number of hydrogen-bond acceptors (Lipinski definition) is 6. The Labute approximate surface area is 126 Å². The van der Waals surface area contributed by atoms with Crippen molar-refractivity contribution in [1.82, 2.24) is 19.8 Å². The van der Waals surface area contributed by atoms with Crippen LogP contribution in [0.4, 0.5) is 5.95 Å². The molecule has 3 rings (SSSR count). The highest BCUT2D eigenvalue weighted by Crippen LogP contribution is 2.23. The van der Waals surface area contributed by atoms with Crippen LogP contribution in [0.5, 0.6) is 5.88 Å². The minimum atomic E-state index is 0.633. The molecule has 2 aliphatic heterocycles. The second kappa shape index (κ2) is 6.15. The Morgan fingerprint density at radius 3 is 2.57 bits per heavy atom. The van der Waals surface area contributed by atoms with Crippen molar-refractivity contribution < 1.29 is 4.74 Å². The molecule has 0 radical (unpaired) electrons. The number of hydrogen-bond donors (Lipinski definition) is 0. The number of rotatable bonds is 3. The first-order valence-electron chi connectivity index (χ1n) is 7.72. The van der Waals surface area contributed by atoms with Gasteiger partial charge in [0.2, 0.25) is 11.8 Å². The third-order valence-electron chi connectivity index (χ3n) is 4.65. The average molecular weight is 291 g/mol. The van der Waals surface area contributed by atoms with Crippen molar-refractivity contribution in [2.75, 3.05) is 58.3 Å². The summed E-state index contributed by atoms with van der Waals surface area (Å²) < 4.78 is 5.18. The van der Waals surface area contributed by atoms with Gasteiger partial charge in [-0.3, -0.25) is 4.90 Å². The molecule has 0 bridgehead atoms. The van der Waals surface area contributed by atoms with Crippen molar-refractivity contribution >= 4 is 5.95 Å². The fraction of sp³-hybridized carbons (Fsp3) is 0.733. The van der Waals surface area contributed by atoms with Crippen LogP contribution in [0.3, 0.4) is 0 Å². The molecule has 0 N–H and O–H groups in total. The largest absolute Gasteiger partial charge is 0.481 e. The number of methoxy groups -OCH3 is 1. The molecule has 0 spiro atoms. The SMILES string of the molecule is COc1ccnc(N2CCN(C3CN(C)CC3C)CC2)n1. The van der Waals surface area contributed by atoms with Gasteiger partial charge in [0.05, 0.1) is 7.11 Å². The molecule has 2 fully saturated rings. The first-order chi connectivity index (χ1) is 10.2. The maximum atomic E-state index is 5.18. The molecule has 1 aromatic rings. The fourth-order valence-electron chi connectivity index (χ4n) is 3.51. The van der Waals surface area contributed by atoms with Crippen molar-refractivity contribution in [2.45, 2.75) is 13.0 Å². The summed E-state index contributed by atoms with van der Waals surface area (Å²) in [5.41, 5.74) is 0. The third-order valence-corrected chi connectivity index (χ3v) is 4.65. The maximum absolute atomic E-state index is 5.18. The van der Waals surface area contributed by atoms with Gasteiger partial charge in [-0.15, -0.1) is 0 Å². The number of anilines is 1. The highest BCUT2D eigenvalue weighted by Gasteiger charge is 2.33. The lowest BCUT2D eigenvalue weighted by Crippen LogP contribution is -2.52. The molecule has 2 atom stereocenters.